The van der Waals surface area contributed by atoms with Crippen molar-refractivity contribution in [2.75, 3.05) is 13.1 Å². The van der Waals surface area contributed by atoms with Crippen LogP contribution in [0, 0.1) is 5.92 Å². The zero-order valence-electron chi connectivity index (χ0n) is 15.4. The molecule has 1 aliphatic rings. The second-order valence-corrected chi connectivity index (χ2v) is 7.15. The summed E-state index contributed by atoms with van der Waals surface area (Å²) >= 11 is 0. The van der Waals surface area contributed by atoms with Gasteiger partial charge in [0.1, 0.15) is 5.58 Å². The zero-order valence-corrected chi connectivity index (χ0v) is 15.4. The summed E-state index contributed by atoms with van der Waals surface area (Å²) in [5.74, 6) is 0.457. The summed E-state index contributed by atoms with van der Waals surface area (Å²) in [6.45, 7) is 4.31. The van der Waals surface area contributed by atoms with Gasteiger partial charge < -0.3 is 13.9 Å². The van der Waals surface area contributed by atoms with Crippen LogP contribution in [0.5, 0.6) is 0 Å². The van der Waals surface area contributed by atoms with E-state index in [9.17, 15) is 9.59 Å². The molecule has 0 radical (unpaired) electrons. The van der Waals surface area contributed by atoms with Crippen LogP contribution < -0.4 is 5.43 Å². The van der Waals surface area contributed by atoms with Crippen molar-refractivity contribution in [3.05, 3.63) is 64.5 Å². The van der Waals surface area contributed by atoms with Gasteiger partial charge in [0, 0.05) is 38.1 Å². The van der Waals surface area contributed by atoms with Crippen LogP contribution in [0.15, 0.2) is 52.2 Å². The van der Waals surface area contributed by atoms with Crippen molar-refractivity contribution in [1.82, 2.24) is 14.5 Å². The number of benzene rings is 1. The van der Waals surface area contributed by atoms with E-state index in [1.807, 2.05) is 31.6 Å². The first-order valence-corrected chi connectivity index (χ1v) is 9.46. The molecule has 1 saturated heterocycles. The summed E-state index contributed by atoms with van der Waals surface area (Å²) in [5, 5.41) is 0.532. The molecule has 0 atom stereocenters. The van der Waals surface area contributed by atoms with Gasteiger partial charge in [0.05, 0.1) is 11.7 Å². The molecule has 0 N–H and O–H groups in total. The largest absolute Gasteiger partial charge is 0.451 e. The van der Waals surface area contributed by atoms with Crippen molar-refractivity contribution in [1.29, 1.82) is 0 Å². The fraction of sp³-hybridized carbons (Fsp3) is 0.381. The van der Waals surface area contributed by atoms with Gasteiger partial charge in [-0.3, -0.25) is 9.59 Å². The van der Waals surface area contributed by atoms with Gasteiger partial charge in [-0.25, -0.2) is 4.98 Å². The lowest BCUT2D eigenvalue weighted by Crippen LogP contribution is -2.39. The standard InChI is InChI=1S/C21H23N3O3/c1-2-15-3-4-19-17(11-15)18(25)12-20(27-19)21(26)24-8-5-16(6-9-24)13-23-10-7-22-14-23/h3-4,7,10-12,14,16H,2,5-6,8-9,13H2,1H3. The lowest BCUT2D eigenvalue weighted by Gasteiger charge is -2.31. The highest BCUT2D eigenvalue weighted by Crippen LogP contribution is 2.22. The predicted molar refractivity (Wildman–Crippen MR) is 103 cm³/mol. The van der Waals surface area contributed by atoms with E-state index in [1.165, 1.54) is 6.07 Å². The maximum Gasteiger partial charge on any atom is 0.289 e. The first-order chi connectivity index (χ1) is 13.1. The van der Waals surface area contributed by atoms with Gasteiger partial charge >= 0.3 is 0 Å². The molecule has 3 aromatic rings. The molecule has 1 aromatic carbocycles. The molecule has 27 heavy (non-hydrogen) atoms. The highest BCUT2D eigenvalue weighted by atomic mass is 16.3. The van der Waals surface area contributed by atoms with Crippen molar-refractivity contribution in [3.8, 4) is 0 Å². The Morgan fingerprint density at radius 2 is 2.07 bits per heavy atom. The van der Waals surface area contributed by atoms with Crippen LogP contribution in [0.3, 0.4) is 0 Å². The molecule has 0 aliphatic carbocycles. The number of nitrogens with zero attached hydrogens (tertiary/aromatic N) is 3. The Bertz CT molecular complexity index is 999. The van der Waals surface area contributed by atoms with Gasteiger partial charge in [0.25, 0.3) is 5.91 Å². The van der Waals surface area contributed by atoms with E-state index in [0.717, 1.165) is 31.4 Å². The monoisotopic (exact) mass is 365 g/mol. The molecule has 0 saturated carbocycles. The topological polar surface area (TPSA) is 68.3 Å². The molecule has 1 amide bonds. The molecular formula is C21H23N3O3. The van der Waals surface area contributed by atoms with E-state index in [-0.39, 0.29) is 17.1 Å². The number of amides is 1. The van der Waals surface area contributed by atoms with Gasteiger partial charge in [0.15, 0.2) is 11.2 Å². The molecule has 1 fully saturated rings. The first-order valence-electron chi connectivity index (χ1n) is 9.46. The Kier molecular flexibility index (Phi) is 4.79. The van der Waals surface area contributed by atoms with Gasteiger partial charge in [0.2, 0.25) is 0 Å². The molecule has 6 nitrogen and oxygen atoms in total. The van der Waals surface area contributed by atoms with Gasteiger partial charge in [-0.1, -0.05) is 13.0 Å². The third-order valence-electron chi connectivity index (χ3n) is 5.34. The number of hydrogen-bond donors (Lipinski definition) is 0. The highest BCUT2D eigenvalue weighted by Gasteiger charge is 2.25. The summed E-state index contributed by atoms with van der Waals surface area (Å²) in [6.07, 6.45) is 8.29. The molecule has 2 aromatic heterocycles. The van der Waals surface area contributed by atoms with Crippen LogP contribution >= 0.6 is 0 Å². The third kappa shape index (κ3) is 3.65. The number of hydrogen-bond acceptors (Lipinski definition) is 4. The van der Waals surface area contributed by atoms with E-state index < -0.39 is 0 Å². The summed E-state index contributed by atoms with van der Waals surface area (Å²) in [7, 11) is 0. The van der Waals surface area contributed by atoms with Crippen molar-refractivity contribution in [3.63, 3.8) is 0 Å². The van der Waals surface area contributed by atoms with Crippen molar-refractivity contribution in [2.45, 2.75) is 32.7 Å². The molecular weight excluding hydrogens is 342 g/mol. The Morgan fingerprint density at radius 1 is 1.26 bits per heavy atom. The SMILES string of the molecule is CCc1ccc2oc(C(=O)N3CCC(Cn4ccnc4)CC3)cc(=O)c2c1. The number of piperidine rings is 1. The normalized spacial score (nSPS) is 15.4. The molecule has 3 heterocycles. The van der Waals surface area contributed by atoms with E-state index in [1.54, 1.807) is 17.2 Å². The fourth-order valence-electron chi connectivity index (χ4n) is 3.70. The predicted octanol–water partition coefficient (Wildman–Crippen LogP) is 3.10. The van der Waals surface area contributed by atoms with E-state index in [4.69, 9.17) is 4.42 Å². The number of carbonyl (C=O) groups excluding carboxylic acids is 1. The lowest BCUT2D eigenvalue weighted by atomic mass is 9.96. The quantitative estimate of drug-likeness (QED) is 0.712. The second kappa shape index (κ2) is 7.39. The van der Waals surface area contributed by atoms with E-state index in [0.29, 0.717) is 30.0 Å². The molecule has 4 rings (SSSR count). The number of fused-ring (bicyclic) bond motifs is 1. The van der Waals surface area contributed by atoms with Crippen molar-refractivity contribution in [2.24, 2.45) is 5.92 Å². The van der Waals surface area contributed by atoms with Crippen LogP contribution in [0.1, 0.15) is 35.9 Å². The molecule has 140 valence electrons. The molecule has 0 unspecified atom stereocenters. The Hall–Kier alpha value is -2.89. The Balaban J connectivity index is 1.47. The van der Waals surface area contributed by atoms with Gasteiger partial charge in [-0.15, -0.1) is 0 Å². The number of carbonyl (C=O) groups is 1. The first kappa shape index (κ1) is 17.5. The van der Waals surface area contributed by atoms with Crippen molar-refractivity contribution >= 4 is 16.9 Å². The number of aromatic nitrogens is 2. The zero-order chi connectivity index (χ0) is 18.8. The summed E-state index contributed by atoms with van der Waals surface area (Å²) in [6, 6.07) is 6.89. The highest BCUT2D eigenvalue weighted by molar-refractivity contribution is 5.93. The number of aryl methyl sites for hydroxylation is 1. The van der Waals surface area contributed by atoms with Crippen LogP contribution in [-0.2, 0) is 13.0 Å². The van der Waals surface area contributed by atoms with Crippen molar-refractivity contribution < 1.29 is 9.21 Å². The summed E-state index contributed by atoms with van der Waals surface area (Å²) in [4.78, 5) is 31.1. The van der Waals surface area contributed by atoms with E-state index in [2.05, 4.69) is 9.55 Å². The molecule has 1 aliphatic heterocycles. The number of imidazole rings is 1. The Morgan fingerprint density at radius 3 is 2.78 bits per heavy atom. The molecule has 6 heteroatoms. The average Bonchev–Trinajstić information content (AvgIpc) is 3.21. The maximum atomic E-state index is 12.8. The minimum atomic E-state index is -0.199. The third-order valence-corrected chi connectivity index (χ3v) is 5.34. The minimum absolute atomic E-state index is 0.129. The van der Waals surface area contributed by atoms with Crippen LogP contribution in [0.25, 0.3) is 11.0 Å². The van der Waals surface area contributed by atoms with Crippen LogP contribution in [0.4, 0.5) is 0 Å². The number of rotatable bonds is 4. The summed E-state index contributed by atoms with van der Waals surface area (Å²) < 4.78 is 7.84. The molecule has 0 bridgehead atoms. The Labute approximate surface area is 157 Å². The van der Waals surface area contributed by atoms with Crippen LogP contribution in [0.2, 0.25) is 0 Å². The smallest absolute Gasteiger partial charge is 0.289 e. The second-order valence-electron chi connectivity index (χ2n) is 7.15. The average molecular weight is 365 g/mol. The maximum absolute atomic E-state index is 12.8. The minimum Gasteiger partial charge on any atom is -0.451 e. The molecule has 0 spiro atoms. The fourth-order valence-corrected chi connectivity index (χ4v) is 3.70. The van der Waals surface area contributed by atoms with Gasteiger partial charge in [-0.05, 0) is 42.9 Å². The lowest BCUT2D eigenvalue weighted by molar-refractivity contribution is 0.0651. The van der Waals surface area contributed by atoms with Crippen LogP contribution in [-0.4, -0.2) is 33.4 Å². The van der Waals surface area contributed by atoms with Gasteiger partial charge in [-0.2, -0.15) is 0 Å². The van der Waals surface area contributed by atoms with E-state index >= 15 is 0 Å². The number of likely N-dealkylation sites (tertiary alicyclic amines) is 1. The summed E-state index contributed by atoms with van der Waals surface area (Å²) in [5.41, 5.74) is 1.39.